The number of hydrogen-bond donors (Lipinski definition) is 2. The van der Waals surface area contributed by atoms with Crippen LogP contribution in [0.2, 0.25) is 0 Å². The number of imide groups is 1. The molecule has 0 heterocycles. The van der Waals surface area contributed by atoms with Gasteiger partial charge in [0.05, 0.1) is 5.56 Å². The van der Waals surface area contributed by atoms with Crippen LogP contribution in [0.4, 0.5) is 4.79 Å². The third-order valence-electron chi connectivity index (χ3n) is 5.44. The van der Waals surface area contributed by atoms with Gasteiger partial charge in [-0.05, 0) is 24.8 Å². The largest absolute Gasteiger partial charge is 0.452 e. The molecule has 1 fully saturated rings. The summed E-state index contributed by atoms with van der Waals surface area (Å²) in [4.78, 5) is 49.3. The Balaban J connectivity index is 1.55. The molecule has 1 aliphatic rings. The van der Waals surface area contributed by atoms with E-state index >= 15 is 0 Å². The van der Waals surface area contributed by atoms with Crippen molar-refractivity contribution in [3.05, 3.63) is 71.3 Å². The minimum Gasteiger partial charge on any atom is -0.452 e. The lowest BCUT2D eigenvalue weighted by Gasteiger charge is -2.29. The summed E-state index contributed by atoms with van der Waals surface area (Å²) in [5.41, 5.74) is 0.682. The Morgan fingerprint density at radius 3 is 2.26 bits per heavy atom. The fourth-order valence-corrected chi connectivity index (χ4v) is 3.71. The maximum absolute atomic E-state index is 12.7. The molecule has 2 atom stereocenters. The van der Waals surface area contributed by atoms with Crippen molar-refractivity contribution >= 4 is 23.7 Å². The van der Waals surface area contributed by atoms with Gasteiger partial charge in [0.1, 0.15) is 0 Å². The summed E-state index contributed by atoms with van der Waals surface area (Å²) < 4.78 is 5.05. The number of esters is 1. The molecule has 0 spiro atoms. The van der Waals surface area contributed by atoms with Gasteiger partial charge >= 0.3 is 12.0 Å². The van der Waals surface area contributed by atoms with E-state index < -0.39 is 24.5 Å². The van der Waals surface area contributed by atoms with Gasteiger partial charge in [-0.3, -0.25) is 14.9 Å². The average Bonchev–Trinajstić information content (AvgIpc) is 2.79. The summed E-state index contributed by atoms with van der Waals surface area (Å²) in [6.07, 6.45) is 4.10. The van der Waals surface area contributed by atoms with Gasteiger partial charge < -0.3 is 10.1 Å². The number of benzene rings is 2. The third-order valence-corrected chi connectivity index (χ3v) is 5.44. The molecule has 0 unspecified atom stereocenters. The zero-order valence-corrected chi connectivity index (χ0v) is 17.4. The lowest BCUT2D eigenvalue weighted by Crippen LogP contribution is -2.48. The van der Waals surface area contributed by atoms with E-state index in [4.69, 9.17) is 4.74 Å². The number of nitrogens with one attached hydrogen (secondary N) is 2. The Morgan fingerprint density at radius 2 is 1.55 bits per heavy atom. The van der Waals surface area contributed by atoms with Crippen LogP contribution in [0.15, 0.2) is 54.6 Å². The zero-order chi connectivity index (χ0) is 22.2. The number of amides is 3. The highest BCUT2D eigenvalue weighted by atomic mass is 16.5. The molecule has 3 amide bonds. The topological polar surface area (TPSA) is 102 Å². The van der Waals surface area contributed by atoms with Gasteiger partial charge in [-0.2, -0.15) is 0 Å². The minimum atomic E-state index is -0.809. The lowest BCUT2D eigenvalue weighted by atomic mass is 9.86. The molecule has 1 aliphatic carbocycles. The van der Waals surface area contributed by atoms with E-state index in [1.807, 2.05) is 0 Å². The fraction of sp³-hybridized carbons (Fsp3) is 0.333. The van der Waals surface area contributed by atoms with Gasteiger partial charge in [-0.1, -0.05) is 68.3 Å². The Bertz CT molecular complexity index is 957. The Hall–Kier alpha value is -3.48. The van der Waals surface area contributed by atoms with Crippen LogP contribution in [-0.4, -0.2) is 36.3 Å². The van der Waals surface area contributed by atoms with Crippen molar-refractivity contribution in [2.24, 2.45) is 5.92 Å². The van der Waals surface area contributed by atoms with E-state index in [9.17, 15) is 19.2 Å². The highest BCUT2D eigenvalue weighted by molar-refractivity contribution is 6.14. The highest BCUT2D eigenvalue weighted by Gasteiger charge is 2.24. The number of carbonyl (C=O) groups excluding carboxylic acids is 4. The molecule has 0 aromatic heterocycles. The van der Waals surface area contributed by atoms with Gasteiger partial charge in [-0.25, -0.2) is 9.59 Å². The van der Waals surface area contributed by atoms with E-state index in [0.29, 0.717) is 11.5 Å². The number of carbonyl (C=O) groups is 4. The summed E-state index contributed by atoms with van der Waals surface area (Å²) in [7, 11) is 0. The third kappa shape index (κ3) is 6.01. The second kappa shape index (κ2) is 10.5. The van der Waals surface area contributed by atoms with Crippen LogP contribution >= 0.6 is 0 Å². The molecule has 0 radical (unpaired) electrons. The second-order valence-corrected chi connectivity index (χ2v) is 7.71. The number of urea groups is 1. The summed E-state index contributed by atoms with van der Waals surface area (Å²) in [5.74, 6) is -1.51. The molecule has 2 aromatic carbocycles. The smallest absolute Gasteiger partial charge is 0.339 e. The molecule has 0 bridgehead atoms. The normalized spacial score (nSPS) is 18.0. The molecule has 2 aromatic rings. The number of ether oxygens (including phenoxy) is 1. The molecule has 0 saturated heterocycles. The molecule has 0 aliphatic heterocycles. The second-order valence-electron chi connectivity index (χ2n) is 7.71. The van der Waals surface area contributed by atoms with E-state index in [1.54, 1.807) is 42.5 Å². The van der Waals surface area contributed by atoms with Crippen LogP contribution < -0.4 is 10.6 Å². The van der Waals surface area contributed by atoms with E-state index in [2.05, 4.69) is 17.6 Å². The van der Waals surface area contributed by atoms with E-state index in [0.717, 1.165) is 25.7 Å². The SMILES string of the molecule is C[C@H]1CCCC[C@H]1NC(=O)NC(=O)COC(=O)c1ccccc1C(=O)c1ccccc1. The Morgan fingerprint density at radius 1 is 0.903 bits per heavy atom. The van der Waals surface area contributed by atoms with Crippen LogP contribution in [0, 0.1) is 5.92 Å². The molecule has 7 heteroatoms. The number of hydrogen-bond acceptors (Lipinski definition) is 5. The molecule has 3 rings (SSSR count). The molecule has 7 nitrogen and oxygen atoms in total. The number of ketones is 1. The monoisotopic (exact) mass is 422 g/mol. The predicted molar refractivity (Wildman–Crippen MR) is 115 cm³/mol. The highest BCUT2D eigenvalue weighted by Crippen LogP contribution is 2.23. The molecular weight excluding hydrogens is 396 g/mol. The van der Waals surface area contributed by atoms with Crippen LogP contribution in [0.25, 0.3) is 0 Å². The van der Waals surface area contributed by atoms with Crippen LogP contribution in [0.1, 0.15) is 58.9 Å². The van der Waals surface area contributed by atoms with Crippen molar-refractivity contribution in [3.63, 3.8) is 0 Å². The maximum atomic E-state index is 12.7. The van der Waals surface area contributed by atoms with Crippen molar-refractivity contribution in [3.8, 4) is 0 Å². The summed E-state index contributed by atoms with van der Waals surface area (Å²) in [6, 6.07) is 14.3. The van der Waals surface area contributed by atoms with Crippen LogP contribution in [-0.2, 0) is 9.53 Å². The van der Waals surface area contributed by atoms with E-state index in [-0.39, 0.29) is 23.0 Å². The number of rotatable bonds is 6. The summed E-state index contributed by atoms with van der Waals surface area (Å²) >= 11 is 0. The van der Waals surface area contributed by atoms with E-state index in [1.165, 1.54) is 12.1 Å². The van der Waals surface area contributed by atoms with Gasteiger partial charge in [-0.15, -0.1) is 0 Å². The first-order valence-electron chi connectivity index (χ1n) is 10.4. The van der Waals surface area contributed by atoms with Crippen molar-refractivity contribution < 1.29 is 23.9 Å². The lowest BCUT2D eigenvalue weighted by molar-refractivity contribution is -0.123. The van der Waals surface area contributed by atoms with Gasteiger partial charge in [0.25, 0.3) is 5.91 Å². The molecule has 31 heavy (non-hydrogen) atoms. The van der Waals surface area contributed by atoms with Crippen molar-refractivity contribution in [1.82, 2.24) is 10.6 Å². The summed E-state index contributed by atoms with van der Waals surface area (Å²) in [5, 5.41) is 4.99. The van der Waals surface area contributed by atoms with Crippen molar-refractivity contribution in [1.29, 1.82) is 0 Å². The first-order chi connectivity index (χ1) is 15.0. The van der Waals surface area contributed by atoms with Gasteiger partial charge in [0, 0.05) is 17.2 Å². The molecule has 2 N–H and O–H groups in total. The first kappa shape index (κ1) is 22.2. The van der Waals surface area contributed by atoms with Crippen molar-refractivity contribution in [2.45, 2.75) is 38.6 Å². The molecule has 1 saturated carbocycles. The van der Waals surface area contributed by atoms with Gasteiger partial charge in [0.2, 0.25) is 0 Å². The molecule has 162 valence electrons. The Kier molecular flexibility index (Phi) is 7.54. The average molecular weight is 422 g/mol. The van der Waals surface area contributed by atoms with Crippen LogP contribution in [0.5, 0.6) is 0 Å². The maximum Gasteiger partial charge on any atom is 0.339 e. The summed E-state index contributed by atoms with van der Waals surface area (Å²) in [6.45, 7) is 1.45. The molecular formula is C24H26N2O5. The fourth-order valence-electron chi connectivity index (χ4n) is 3.71. The standard InChI is InChI=1S/C24H26N2O5/c1-16-9-5-8-14-20(16)25-24(30)26-21(27)15-31-23(29)19-13-7-6-12-18(19)22(28)17-10-3-2-4-11-17/h2-4,6-7,10-13,16,20H,5,8-9,14-15H2,1H3,(H2,25,26,27,30)/t16-,20+/m0/s1. The van der Waals surface area contributed by atoms with Crippen LogP contribution in [0.3, 0.4) is 0 Å². The minimum absolute atomic E-state index is 0.0278. The Labute approximate surface area is 181 Å². The zero-order valence-electron chi connectivity index (χ0n) is 17.4. The predicted octanol–water partition coefficient (Wildman–Crippen LogP) is 3.48. The first-order valence-corrected chi connectivity index (χ1v) is 10.4. The van der Waals surface area contributed by atoms with Gasteiger partial charge in [0.15, 0.2) is 12.4 Å². The van der Waals surface area contributed by atoms with Crippen molar-refractivity contribution in [2.75, 3.05) is 6.61 Å². The quantitative estimate of drug-likeness (QED) is 0.548.